The zero-order valence-electron chi connectivity index (χ0n) is 10.7. The van der Waals surface area contributed by atoms with Gasteiger partial charge >= 0.3 is 5.97 Å². The molecule has 0 bridgehead atoms. The van der Waals surface area contributed by atoms with Crippen LogP contribution in [0.2, 0.25) is 0 Å². The summed E-state index contributed by atoms with van der Waals surface area (Å²) in [5, 5.41) is 11.2. The maximum atomic E-state index is 11.5. The van der Waals surface area contributed by atoms with E-state index in [4.69, 9.17) is 9.84 Å². The molecule has 18 heavy (non-hydrogen) atoms. The molecule has 1 amide bonds. The number of carboxylic acid groups (broad SMARTS) is 1. The summed E-state index contributed by atoms with van der Waals surface area (Å²) in [5.74, 6) is -0.520. The van der Waals surface area contributed by atoms with Crippen molar-refractivity contribution >= 4 is 17.6 Å². The normalized spacial score (nSPS) is 9.94. The van der Waals surface area contributed by atoms with Crippen LogP contribution in [0.15, 0.2) is 12.1 Å². The fourth-order valence-electron chi connectivity index (χ4n) is 1.58. The molecule has 0 saturated heterocycles. The van der Waals surface area contributed by atoms with Crippen LogP contribution >= 0.6 is 0 Å². The van der Waals surface area contributed by atoms with Gasteiger partial charge in [-0.05, 0) is 37.1 Å². The van der Waals surface area contributed by atoms with Gasteiger partial charge in [-0.25, -0.2) is 0 Å². The highest BCUT2D eigenvalue weighted by Crippen LogP contribution is 2.25. The Hall–Kier alpha value is -2.04. The van der Waals surface area contributed by atoms with E-state index in [0.29, 0.717) is 5.69 Å². The Bertz CT molecular complexity index is 468. The van der Waals surface area contributed by atoms with Crippen molar-refractivity contribution in [3.05, 3.63) is 23.3 Å². The lowest BCUT2D eigenvalue weighted by molar-refractivity contribution is -0.138. The molecule has 0 heterocycles. The summed E-state index contributed by atoms with van der Waals surface area (Å²) in [6.07, 6.45) is -0.195. The van der Waals surface area contributed by atoms with E-state index >= 15 is 0 Å². The second kappa shape index (κ2) is 6.05. The highest BCUT2D eigenvalue weighted by Gasteiger charge is 2.09. The van der Waals surface area contributed by atoms with Gasteiger partial charge in [0.1, 0.15) is 5.75 Å². The molecule has 5 nitrogen and oxygen atoms in total. The van der Waals surface area contributed by atoms with Gasteiger partial charge in [0.2, 0.25) is 5.91 Å². The summed E-state index contributed by atoms with van der Waals surface area (Å²) < 4.78 is 5.17. The van der Waals surface area contributed by atoms with Crippen LogP contribution in [0.5, 0.6) is 5.75 Å². The van der Waals surface area contributed by atoms with Gasteiger partial charge < -0.3 is 15.2 Å². The van der Waals surface area contributed by atoms with Gasteiger partial charge in [0.05, 0.1) is 13.5 Å². The number of hydrogen-bond donors (Lipinski definition) is 2. The van der Waals surface area contributed by atoms with Crippen molar-refractivity contribution in [3.63, 3.8) is 0 Å². The fourth-order valence-corrected chi connectivity index (χ4v) is 1.58. The van der Waals surface area contributed by atoms with Crippen LogP contribution in [0, 0.1) is 13.8 Å². The molecule has 0 fully saturated rings. The standard InChI is InChI=1S/C13H17NO4/c1-8-7-11(18-3)9(2)6-10(8)14-12(15)4-5-13(16)17/h6-7H,4-5H2,1-3H3,(H,14,15)(H,16,17). The van der Waals surface area contributed by atoms with Gasteiger partial charge in [0.15, 0.2) is 0 Å². The van der Waals surface area contributed by atoms with Gasteiger partial charge in [0.25, 0.3) is 0 Å². The second-order valence-corrected chi connectivity index (χ2v) is 4.08. The first-order chi connectivity index (χ1) is 8.43. The molecule has 5 heteroatoms. The molecular formula is C13H17NO4. The quantitative estimate of drug-likeness (QED) is 0.840. The number of carboxylic acids is 1. The van der Waals surface area contributed by atoms with E-state index in [-0.39, 0.29) is 18.7 Å². The molecule has 0 atom stereocenters. The Morgan fingerprint density at radius 3 is 2.44 bits per heavy atom. The molecule has 2 N–H and O–H groups in total. The molecule has 0 aromatic heterocycles. The Morgan fingerprint density at radius 2 is 1.89 bits per heavy atom. The smallest absolute Gasteiger partial charge is 0.303 e. The summed E-state index contributed by atoms with van der Waals surface area (Å²) in [7, 11) is 1.59. The molecule has 0 saturated carbocycles. The van der Waals surface area contributed by atoms with Crippen molar-refractivity contribution < 1.29 is 19.4 Å². The third-order valence-corrected chi connectivity index (χ3v) is 2.58. The highest BCUT2D eigenvalue weighted by molar-refractivity contribution is 5.93. The molecule has 0 aliphatic rings. The lowest BCUT2D eigenvalue weighted by atomic mass is 10.1. The molecule has 0 aliphatic carbocycles. The van der Waals surface area contributed by atoms with Crippen molar-refractivity contribution in [1.29, 1.82) is 0 Å². The number of hydrogen-bond acceptors (Lipinski definition) is 3. The van der Waals surface area contributed by atoms with Gasteiger partial charge in [0, 0.05) is 12.1 Å². The van der Waals surface area contributed by atoms with E-state index in [1.54, 1.807) is 7.11 Å². The van der Waals surface area contributed by atoms with Crippen LogP contribution in [-0.4, -0.2) is 24.1 Å². The third kappa shape index (κ3) is 3.76. The number of carbonyl (C=O) groups is 2. The summed E-state index contributed by atoms with van der Waals surface area (Å²) >= 11 is 0. The number of methoxy groups -OCH3 is 1. The lowest BCUT2D eigenvalue weighted by Crippen LogP contribution is -2.14. The minimum atomic E-state index is -0.979. The predicted octanol–water partition coefficient (Wildman–Crippen LogP) is 2.12. The Morgan fingerprint density at radius 1 is 1.22 bits per heavy atom. The van der Waals surface area contributed by atoms with Gasteiger partial charge in [-0.1, -0.05) is 0 Å². The summed E-state index contributed by atoms with van der Waals surface area (Å²) in [6.45, 7) is 3.74. The lowest BCUT2D eigenvalue weighted by Gasteiger charge is -2.12. The molecule has 0 aliphatic heterocycles. The van der Waals surface area contributed by atoms with Crippen molar-refractivity contribution in [2.24, 2.45) is 0 Å². The van der Waals surface area contributed by atoms with Crippen molar-refractivity contribution in [3.8, 4) is 5.75 Å². The molecule has 0 radical (unpaired) electrons. The van der Waals surface area contributed by atoms with Crippen LogP contribution in [0.3, 0.4) is 0 Å². The monoisotopic (exact) mass is 251 g/mol. The molecule has 1 aromatic carbocycles. The van der Waals surface area contributed by atoms with Gasteiger partial charge in [-0.3, -0.25) is 9.59 Å². The topological polar surface area (TPSA) is 75.6 Å². The summed E-state index contributed by atoms with van der Waals surface area (Å²) in [6, 6.07) is 3.65. The van der Waals surface area contributed by atoms with Crippen LogP contribution in [0.25, 0.3) is 0 Å². The number of ether oxygens (including phenoxy) is 1. The van der Waals surface area contributed by atoms with Crippen LogP contribution in [0.1, 0.15) is 24.0 Å². The molecule has 0 unspecified atom stereocenters. The SMILES string of the molecule is COc1cc(C)c(NC(=O)CCC(=O)O)cc1C. The first kappa shape index (κ1) is 14.0. The maximum absolute atomic E-state index is 11.5. The van der Waals surface area contributed by atoms with E-state index in [1.807, 2.05) is 26.0 Å². The molecule has 98 valence electrons. The van der Waals surface area contributed by atoms with E-state index in [1.165, 1.54) is 0 Å². The van der Waals surface area contributed by atoms with Crippen LogP contribution < -0.4 is 10.1 Å². The first-order valence-corrected chi connectivity index (χ1v) is 5.61. The molecular weight excluding hydrogens is 234 g/mol. The Labute approximate surface area is 106 Å². The number of aryl methyl sites for hydroxylation is 2. The van der Waals surface area contributed by atoms with E-state index in [2.05, 4.69) is 5.32 Å². The minimum Gasteiger partial charge on any atom is -0.496 e. The Balaban J connectivity index is 2.76. The number of carbonyl (C=O) groups excluding carboxylic acids is 1. The van der Waals surface area contributed by atoms with Crippen LogP contribution in [-0.2, 0) is 9.59 Å². The molecule has 1 aromatic rings. The van der Waals surface area contributed by atoms with Crippen molar-refractivity contribution in [2.45, 2.75) is 26.7 Å². The van der Waals surface area contributed by atoms with E-state index in [0.717, 1.165) is 16.9 Å². The highest BCUT2D eigenvalue weighted by atomic mass is 16.5. The number of nitrogens with one attached hydrogen (secondary N) is 1. The van der Waals surface area contributed by atoms with Crippen molar-refractivity contribution in [1.82, 2.24) is 0 Å². The molecule has 0 spiro atoms. The van der Waals surface area contributed by atoms with E-state index in [9.17, 15) is 9.59 Å². The van der Waals surface area contributed by atoms with Crippen molar-refractivity contribution in [2.75, 3.05) is 12.4 Å². The van der Waals surface area contributed by atoms with Gasteiger partial charge in [-0.2, -0.15) is 0 Å². The predicted molar refractivity (Wildman–Crippen MR) is 68.0 cm³/mol. The number of aliphatic carboxylic acids is 1. The second-order valence-electron chi connectivity index (χ2n) is 4.08. The zero-order valence-corrected chi connectivity index (χ0v) is 10.7. The summed E-state index contributed by atoms with van der Waals surface area (Å²) in [5.41, 5.74) is 2.47. The average Bonchev–Trinajstić information content (AvgIpc) is 2.30. The fraction of sp³-hybridized carbons (Fsp3) is 0.385. The number of anilines is 1. The largest absolute Gasteiger partial charge is 0.496 e. The number of benzene rings is 1. The third-order valence-electron chi connectivity index (χ3n) is 2.58. The molecule has 1 rings (SSSR count). The first-order valence-electron chi connectivity index (χ1n) is 5.61. The number of rotatable bonds is 5. The van der Waals surface area contributed by atoms with Gasteiger partial charge in [-0.15, -0.1) is 0 Å². The average molecular weight is 251 g/mol. The number of amides is 1. The summed E-state index contributed by atoms with van der Waals surface area (Å²) in [4.78, 5) is 21.9. The zero-order chi connectivity index (χ0) is 13.7. The maximum Gasteiger partial charge on any atom is 0.303 e. The minimum absolute atomic E-state index is 0.0279. The van der Waals surface area contributed by atoms with Crippen LogP contribution in [0.4, 0.5) is 5.69 Å². The van der Waals surface area contributed by atoms with E-state index < -0.39 is 5.97 Å². The Kier molecular flexibility index (Phi) is 4.71.